The first-order valence-electron chi connectivity index (χ1n) is 10.3. The van der Waals surface area contributed by atoms with Crippen molar-refractivity contribution in [2.45, 2.75) is 31.3 Å². The van der Waals surface area contributed by atoms with E-state index in [1.165, 1.54) is 23.1 Å². The predicted octanol–water partition coefficient (Wildman–Crippen LogP) is 2.55. The van der Waals surface area contributed by atoms with Crippen molar-refractivity contribution in [3.05, 3.63) is 47.5 Å². The van der Waals surface area contributed by atoms with E-state index < -0.39 is 9.84 Å². The van der Waals surface area contributed by atoms with Gasteiger partial charge in [-0.2, -0.15) is 0 Å². The van der Waals surface area contributed by atoms with Crippen molar-refractivity contribution >= 4 is 27.3 Å². The number of carbonyl (C=O) groups is 2. The largest absolute Gasteiger partial charge is 0.490 e. The summed E-state index contributed by atoms with van der Waals surface area (Å²) in [5, 5.41) is 0. The molecule has 2 aromatic rings. The number of carbonyl (C=O) groups excluding carboxylic acids is 2. The molecule has 8 nitrogen and oxygen atoms in total. The van der Waals surface area contributed by atoms with Crippen molar-refractivity contribution in [2.75, 3.05) is 38.4 Å². The molecule has 0 atom stereocenters. The third kappa shape index (κ3) is 5.04. The average Bonchev–Trinajstić information content (AvgIpc) is 3.15. The van der Waals surface area contributed by atoms with Gasteiger partial charge in [-0.15, -0.1) is 0 Å². The van der Waals surface area contributed by atoms with Gasteiger partial charge in [-0.25, -0.2) is 8.42 Å². The maximum atomic E-state index is 13.5. The standard InChI is InChI=1S/C23H28N2O6S/c1-15(2)31-21-10-9-16(32(5,28)29)13-18(21)23(27)25-12-11-17-19(25)7-6-8-20(17)30-14-22(26)24(3)4/h6-10,13,15H,11-12,14H2,1-5H3. The van der Waals surface area contributed by atoms with E-state index in [4.69, 9.17) is 9.47 Å². The highest BCUT2D eigenvalue weighted by atomic mass is 32.2. The maximum absolute atomic E-state index is 13.5. The van der Waals surface area contributed by atoms with Gasteiger partial charge in [0, 0.05) is 32.5 Å². The van der Waals surface area contributed by atoms with Gasteiger partial charge >= 0.3 is 0 Å². The van der Waals surface area contributed by atoms with Gasteiger partial charge in [-0.1, -0.05) is 6.07 Å². The number of ether oxygens (including phenoxy) is 2. The fourth-order valence-electron chi connectivity index (χ4n) is 3.43. The third-order valence-electron chi connectivity index (χ3n) is 5.05. The van der Waals surface area contributed by atoms with E-state index in [1.54, 1.807) is 31.1 Å². The Morgan fingerprint density at radius 1 is 1.12 bits per heavy atom. The summed E-state index contributed by atoms with van der Waals surface area (Å²) in [6, 6.07) is 9.67. The summed E-state index contributed by atoms with van der Waals surface area (Å²) in [7, 11) is -0.188. The molecule has 1 heterocycles. The molecule has 172 valence electrons. The van der Waals surface area contributed by atoms with Crippen LogP contribution in [0.1, 0.15) is 29.8 Å². The Kier molecular flexibility index (Phi) is 6.78. The van der Waals surface area contributed by atoms with E-state index in [0.717, 1.165) is 11.8 Å². The van der Waals surface area contributed by atoms with Gasteiger partial charge < -0.3 is 19.3 Å². The topological polar surface area (TPSA) is 93.2 Å². The van der Waals surface area contributed by atoms with Crippen LogP contribution >= 0.6 is 0 Å². The van der Waals surface area contributed by atoms with Gasteiger partial charge in [0.25, 0.3) is 11.8 Å². The summed E-state index contributed by atoms with van der Waals surface area (Å²) in [6.07, 6.45) is 1.47. The molecule has 2 amide bonds. The molecule has 0 bridgehead atoms. The fraction of sp³-hybridized carbons (Fsp3) is 0.391. The van der Waals surface area contributed by atoms with Crippen LogP contribution in [0.3, 0.4) is 0 Å². The number of rotatable bonds is 7. The molecule has 0 saturated carbocycles. The summed E-state index contributed by atoms with van der Waals surface area (Å²) in [5.74, 6) is 0.361. The van der Waals surface area contributed by atoms with E-state index in [2.05, 4.69) is 0 Å². The zero-order chi connectivity index (χ0) is 23.6. The lowest BCUT2D eigenvalue weighted by Crippen LogP contribution is -2.29. The van der Waals surface area contributed by atoms with E-state index in [-0.39, 0.29) is 35.0 Å². The van der Waals surface area contributed by atoms with Gasteiger partial charge in [0.05, 0.1) is 22.3 Å². The summed E-state index contributed by atoms with van der Waals surface area (Å²) in [4.78, 5) is 28.5. The molecule has 2 aromatic carbocycles. The van der Waals surface area contributed by atoms with Crippen molar-refractivity contribution in [1.29, 1.82) is 0 Å². The molecule has 3 rings (SSSR count). The number of hydrogen-bond donors (Lipinski definition) is 0. The minimum atomic E-state index is -3.50. The molecule has 32 heavy (non-hydrogen) atoms. The molecule has 0 fully saturated rings. The first-order valence-corrected chi connectivity index (χ1v) is 12.2. The van der Waals surface area contributed by atoms with Crippen LogP contribution in [0.5, 0.6) is 11.5 Å². The second kappa shape index (κ2) is 9.20. The van der Waals surface area contributed by atoms with Crippen molar-refractivity contribution in [1.82, 2.24) is 4.90 Å². The summed E-state index contributed by atoms with van der Waals surface area (Å²) in [5.41, 5.74) is 1.69. The smallest absolute Gasteiger partial charge is 0.262 e. The quantitative estimate of drug-likeness (QED) is 0.631. The van der Waals surface area contributed by atoms with Crippen LogP contribution < -0.4 is 14.4 Å². The minimum absolute atomic E-state index is 0.0515. The Balaban J connectivity index is 1.96. The summed E-state index contributed by atoms with van der Waals surface area (Å²) in [6.45, 7) is 3.98. The highest BCUT2D eigenvalue weighted by Crippen LogP contribution is 2.37. The predicted molar refractivity (Wildman–Crippen MR) is 121 cm³/mol. The Morgan fingerprint density at radius 3 is 2.47 bits per heavy atom. The third-order valence-corrected chi connectivity index (χ3v) is 6.16. The number of sulfone groups is 1. The Labute approximate surface area is 188 Å². The van der Waals surface area contributed by atoms with Crippen LogP contribution in [0.2, 0.25) is 0 Å². The van der Waals surface area contributed by atoms with Crippen LogP contribution in [0.25, 0.3) is 0 Å². The van der Waals surface area contributed by atoms with E-state index in [9.17, 15) is 18.0 Å². The number of amides is 2. The lowest BCUT2D eigenvalue weighted by Gasteiger charge is -2.21. The Hall–Kier alpha value is -3.07. The highest BCUT2D eigenvalue weighted by molar-refractivity contribution is 7.90. The lowest BCUT2D eigenvalue weighted by molar-refractivity contribution is -0.130. The molecule has 1 aliphatic rings. The van der Waals surface area contributed by atoms with E-state index in [1.807, 2.05) is 19.9 Å². The fourth-order valence-corrected chi connectivity index (χ4v) is 4.07. The molecule has 0 spiro atoms. The van der Waals surface area contributed by atoms with Gasteiger partial charge in [0.15, 0.2) is 16.4 Å². The van der Waals surface area contributed by atoms with Crippen LogP contribution in [0.15, 0.2) is 41.3 Å². The monoisotopic (exact) mass is 460 g/mol. The molecule has 1 aliphatic heterocycles. The zero-order valence-corrected chi connectivity index (χ0v) is 19.7. The number of anilines is 1. The van der Waals surface area contributed by atoms with Gasteiger partial charge in [0.1, 0.15) is 11.5 Å². The number of fused-ring (bicyclic) bond motifs is 1. The van der Waals surface area contributed by atoms with Gasteiger partial charge in [-0.3, -0.25) is 9.59 Å². The molecule has 9 heteroatoms. The van der Waals surface area contributed by atoms with Crippen molar-refractivity contribution < 1.29 is 27.5 Å². The number of nitrogens with zero attached hydrogens (tertiary/aromatic N) is 2. The van der Waals surface area contributed by atoms with Crippen LogP contribution in [0, 0.1) is 0 Å². The molecule has 0 radical (unpaired) electrons. The van der Waals surface area contributed by atoms with Crippen molar-refractivity contribution in [3.8, 4) is 11.5 Å². The number of hydrogen-bond acceptors (Lipinski definition) is 6. The normalized spacial score (nSPS) is 13.1. The molecule has 0 unspecified atom stereocenters. The second-order valence-corrected chi connectivity index (χ2v) is 10.1. The van der Waals surface area contributed by atoms with Crippen molar-refractivity contribution in [2.24, 2.45) is 0 Å². The van der Waals surface area contributed by atoms with Gasteiger partial charge in [-0.05, 0) is 50.6 Å². The minimum Gasteiger partial charge on any atom is -0.490 e. The maximum Gasteiger partial charge on any atom is 0.262 e. The molecule has 0 aliphatic carbocycles. The van der Waals surface area contributed by atoms with Gasteiger partial charge in [0.2, 0.25) is 0 Å². The van der Waals surface area contributed by atoms with Crippen LogP contribution in [-0.4, -0.2) is 64.7 Å². The molecule has 0 saturated heterocycles. The highest BCUT2D eigenvalue weighted by Gasteiger charge is 2.30. The van der Waals surface area contributed by atoms with E-state index >= 15 is 0 Å². The Morgan fingerprint density at radius 2 is 1.84 bits per heavy atom. The molecule has 0 aromatic heterocycles. The summed E-state index contributed by atoms with van der Waals surface area (Å²) < 4.78 is 35.6. The number of benzene rings is 2. The van der Waals surface area contributed by atoms with Crippen LogP contribution in [0.4, 0.5) is 5.69 Å². The average molecular weight is 461 g/mol. The second-order valence-electron chi connectivity index (χ2n) is 8.13. The number of likely N-dealkylation sites (N-methyl/N-ethyl adjacent to an activating group) is 1. The SMILES string of the molecule is CC(C)Oc1ccc(S(C)(=O)=O)cc1C(=O)N1CCc2c(OCC(=O)N(C)C)cccc21. The zero-order valence-electron chi connectivity index (χ0n) is 18.9. The molecular formula is C23H28N2O6S. The van der Waals surface area contributed by atoms with E-state index in [0.29, 0.717) is 30.2 Å². The molecule has 0 N–H and O–H groups in total. The molecular weight excluding hydrogens is 432 g/mol. The lowest BCUT2D eigenvalue weighted by atomic mass is 10.1. The summed E-state index contributed by atoms with van der Waals surface area (Å²) >= 11 is 0. The van der Waals surface area contributed by atoms with Crippen molar-refractivity contribution in [3.63, 3.8) is 0 Å². The van der Waals surface area contributed by atoms with Crippen LogP contribution in [-0.2, 0) is 21.1 Å². The first kappa shape index (κ1) is 23.6. The first-order chi connectivity index (χ1) is 15.0. The Bertz CT molecular complexity index is 1140.